The van der Waals surface area contributed by atoms with E-state index in [9.17, 15) is 0 Å². The third-order valence-electron chi connectivity index (χ3n) is 15.0. The molecular weight excluding hydrogens is 645 g/mol. The van der Waals surface area contributed by atoms with Crippen LogP contribution in [0, 0.1) is 28.6 Å². The van der Waals surface area contributed by atoms with Gasteiger partial charge in [-0.1, -0.05) is 105 Å². The summed E-state index contributed by atoms with van der Waals surface area (Å²) in [5.41, 5.74) is 15.5. The van der Waals surface area contributed by atoms with Crippen molar-refractivity contribution in [3.05, 3.63) is 159 Å². The number of aryl methyl sites for hydroxylation is 1. The summed E-state index contributed by atoms with van der Waals surface area (Å²) >= 11 is 0. The van der Waals surface area contributed by atoms with E-state index in [-0.39, 0.29) is 28.9 Å². The van der Waals surface area contributed by atoms with E-state index < -0.39 is 0 Å². The van der Waals surface area contributed by atoms with Gasteiger partial charge in [-0.05, 0) is 122 Å². The second-order valence-corrected chi connectivity index (χ2v) is 18.1. The molecular formula is C50H54N2O. The van der Waals surface area contributed by atoms with Crippen molar-refractivity contribution in [2.45, 2.75) is 110 Å². The Bertz CT molecular complexity index is 2140. The summed E-state index contributed by atoms with van der Waals surface area (Å²) in [5.74, 6) is 2.63. The summed E-state index contributed by atoms with van der Waals surface area (Å²) in [6, 6.07) is 9.66. The largest absolute Gasteiger partial charge is 0.489 e. The Hall–Kier alpha value is -4.24. The van der Waals surface area contributed by atoms with Crippen molar-refractivity contribution in [1.82, 2.24) is 9.80 Å². The summed E-state index contributed by atoms with van der Waals surface area (Å²) in [4.78, 5) is 5.63. The second-order valence-electron chi connectivity index (χ2n) is 18.1. The van der Waals surface area contributed by atoms with Gasteiger partial charge in [0.2, 0.25) is 0 Å². The highest BCUT2D eigenvalue weighted by Crippen LogP contribution is 2.67. The van der Waals surface area contributed by atoms with Crippen molar-refractivity contribution < 1.29 is 4.74 Å². The van der Waals surface area contributed by atoms with Crippen molar-refractivity contribution in [2.24, 2.45) is 28.6 Å². The fourth-order valence-corrected chi connectivity index (χ4v) is 12.9. The Kier molecular flexibility index (Phi) is 7.22. The zero-order valence-electron chi connectivity index (χ0n) is 31.9. The third-order valence-corrected chi connectivity index (χ3v) is 15.0. The number of fused-ring (bicyclic) bond motifs is 8. The van der Waals surface area contributed by atoms with E-state index in [2.05, 4.69) is 134 Å². The van der Waals surface area contributed by atoms with Gasteiger partial charge in [0.15, 0.2) is 0 Å². The highest BCUT2D eigenvalue weighted by Gasteiger charge is 2.58. The van der Waals surface area contributed by atoms with Crippen LogP contribution in [0.15, 0.2) is 148 Å². The topological polar surface area (TPSA) is 15.7 Å². The van der Waals surface area contributed by atoms with Crippen LogP contribution in [0.4, 0.5) is 0 Å². The van der Waals surface area contributed by atoms with Crippen LogP contribution in [-0.2, 0) is 11.2 Å². The third kappa shape index (κ3) is 4.64. The predicted octanol–water partition coefficient (Wildman–Crippen LogP) is 11.6. The van der Waals surface area contributed by atoms with E-state index in [1.807, 2.05) is 0 Å². The van der Waals surface area contributed by atoms with Crippen molar-refractivity contribution in [3.63, 3.8) is 0 Å². The molecule has 53 heavy (non-hydrogen) atoms. The van der Waals surface area contributed by atoms with Gasteiger partial charge >= 0.3 is 0 Å². The molecule has 0 aromatic heterocycles. The van der Waals surface area contributed by atoms with E-state index >= 15 is 0 Å². The van der Waals surface area contributed by atoms with Crippen molar-refractivity contribution in [3.8, 4) is 0 Å². The highest BCUT2D eigenvalue weighted by molar-refractivity contribution is 5.62. The first kappa shape index (κ1) is 32.2. The second kappa shape index (κ2) is 11.9. The SMILES string of the molecule is CC12CC=CC(N(C3=CCCC4=C3C3C=CC=CC3O4)C3C=CC4C(C3)C3=C(C=CCC3)N4C3=Cc4ccccc4CC3)=C1C(C)(C)C1CCCC=C12. The van der Waals surface area contributed by atoms with Crippen LogP contribution >= 0.6 is 0 Å². The fourth-order valence-electron chi connectivity index (χ4n) is 12.9. The molecule has 2 heterocycles. The molecule has 3 heteroatoms. The van der Waals surface area contributed by atoms with Crippen LogP contribution in [-0.4, -0.2) is 28.0 Å². The monoisotopic (exact) mass is 698 g/mol. The first-order chi connectivity index (χ1) is 25.9. The molecule has 7 atom stereocenters. The number of hydrogen-bond donors (Lipinski definition) is 0. The lowest BCUT2D eigenvalue weighted by Gasteiger charge is -2.46. The average Bonchev–Trinajstić information content (AvgIpc) is 3.79. The van der Waals surface area contributed by atoms with Gasteiger partial charge in [0.1, 0.15) is 11.9 Å². The average molecular weight is 699 g/mol. The predicted molar refractivity (Wildman–Crippen MR) is 216 cm³/mol. The van der Waals surface area contributed by atoms with Gasteiger partial charge in [-0.15, -0.1) is 0 Å². The number of ether oxygens (including phenoxy) is 1. The first-order valence-electron chi connectivity index (χ1n) is 20.9. The van der Waals surface area contributed by atoms with Gasteiger partial charge in [-0.25, -0.2) is 0 Å². The number of nitrogens with zero attached hydrogens (tertiary/aromatic N) is 2. The Morgan fingerprint density at radius 2 is 1.77 bits per heavy atom. The summed E-state index contributed by atoms with van der Waals surface area (Å²) < 4.78 is 6.78. The number of benzene rings is 1. The lowest BCUT2D eigenvalue weighted by Crippen LogP contribution is -2.44. The van der Waals surface area contributed by atoms with Crippen molar-refractivity contribution >= 4 is 6.08 Å². The number of hydrogen-bond acceptors (Lipinski definition) is 3. The lowest BCUT2D eigenvalue weighted by atomic mass is 9.69. The highest BCUT2D eigenvalue weighted by atomic mass is 16.5. The van der Waals surface area contributed by atoms with E-state index in [0.717, 1.165) is 44.9 Å². The summed E-state index contributed by atoms with van der Waals surface area (Å²) in [5, 5.41) is 0. The van der Waals surface area contributed by atoms with E-state index in [0.29, 0.717) is 17.9 Å². The minimum Gasteiger partial charge on any atom is -0.489 e. The molecule has 0 saturated heterocycles. The Balaban J connectivity index is 1.06. The van der Waals surface area contributed by atoms with Crippen LogP contribution in [0.25, 0.3) is 6.08 Å². The van der Waals surface area contributed by atoms with E-state index in [1.54, 1.807) is 16.7 Å². The molecule has 0 radical (unpaired) electrons. The lowest BCUT2D eigenvalue weighted by molar-refractivity contribution is 0.158. The Morgan fingerprint density at radius 1 is 0.868 bits per heavy atom. The molecule has 7 unspecified atom stereocenters. The van der Waals surface area contributed by atoms with Gasteiger partial charge in [0.25, 0.3) is 0 Å². The minimum atomic E-state index is 0.0736. The molecule has 0 amide bonds. The molecule has 1 aromatic rings. The minimum absolute atomic E-state index is 0.0736. The van der Waals surface area contributed by atoms with Crippen LogP contribution in [0.3, 0.4) is 0 Å². The van der Waals surface area contributed by atoms with E-state index in [4.69, 9.17) is 4.74 Å². The van der Waals surface area contributed by atoms with E-state index in [1.165, 1.54) is 70.9 Å². The van der Waals surface area contributed by atoms with Gasteiger partial charge in [-0.3, -0.25) is 0 Å². The summed E-state index contributed by atoms with van der Waals surface area (Å²) in [6.07, 6.45) is 44.9. The molecule has 0 spiro atoms. The van der Waals surface area contributed by atoms with Crippen LogP contribution in [0.1, 0.15) is 96.1 Å². The van der Waals surface area contributed by atoms with Crippen LogP contribution in [0.2, 0.25) is 0 Å². The molecule has 0 bridgehead atoms. The fraction of sp³-hybridized carbons (Fsp3) is 0.440. The maximum absolute atomic E-state index is 6.78. The maximum Gasteiger partial charge on any atom is 0.127 e. The summed E-state index contributed by atoms with van der Waals surface area (Å²) in [7, 11) is 0. The van der Waals surface area contributed by atoms with Crippen molar-refractivity contribution in [1.29, 1.82) is 0 Å². The van der Waals surface area contributed by atoms with Gasteiger partial charge in [0, 0.05) is 52.0 Å². The zero-order valence-corrected chi connectivity index (χ0v) is 31.9. The molecule has 2 aliphatic heterocycles. The smallest absolute Gasteiger partial charge is 0.127 e. The van der Waals surface area contributed by atoms with Gasteiger partial charge in [0.05, 0.1) is 12.1 Å². The molecule has 270 valence electrons. The van der Waals surface area contributed by atoms with Crippen molar-refractivity contribution in [2.75, 3.05) is 0 Å². The molecule has 10 aliphatic rings. The zero-order chi connectivity index (χ0) is 35.5. The molecule has 1 aromatic carbocycles. The van der Waals surface area contributed by atoms with Crippen LogP contribution < -0.4 is 0 Å². The Morgan fingerprint density at radius 3 is 2.72 bits per heavy atom. The molecule has 8 aliphatic carbocycles. The first-order valence-corrected chi connectivity index (χ1v) is 20.9. The Labute approximate surface area is 316 Å². The maximum atomic E-state index is 6.78. The standard InChI is InChI=1S/C50H54N2O/c1-49(2)39-18-8-9-19-40(39)50(3)29-13-22-44(48(49)50)52(43-21-12-24-46-47(43)37-17-7-11-23-45(37)53-46)35-27-28-42-38(31-35)36-16-6-10-20-41(36)51(42)34-26-25-32-14-4-5-15-33(32)30-34/h4-5,7,10-11,13-15,17,19-23,27-28,30,35,37-39,42,45H,6,8-9,12,16,18,24-26,29,31H2,1-3H3. The molecule has 1 saturated carbocycles. The van der Waals surface area contributed by atoms with Gasteiger partial charge in [-0.2, -0.15) is 0 Å². The quantitative estimate of drug-likeness (QED) is 0.291. The number of allylic oxidation sites excluding steroid dienone is 13. The summed E-state index contributed by atoms with van der Waals surface area (Å²) in [6.45, 7) is 7.76. The van der Waals surface area contributed by atoms with Crippen LogP contribution in [0.5, 0.6) is 0 Å². The number of rotatable bonds is 4. The molecule has 0 N–H and O–H groups in total. The molecule has 3 nitrogen and oxygen atoms in total. The normalized spacial score (nSPS) is 35.5. The van der Waals surface area contributed by atoms with Gasteiger partial charge < -0.3 is 14.5 Å². The molecule has 1 fully saturated rings. The molecule has 11 rings (SSSR count).